The molecule has 3 rings (SSSR count). The van der Waals surface area contributed by atoms with Crippen molar-refractivity contribution in [3.63, 3.8) is 0 Å². The van der Waals surface area contributed by atoms with Crippen molar-refractivity contribution in [1.29, 1.82) is 0 Å². The lowest BCUT2D eigenvalue weighted by molar-refractivity contribution is -0.136. The van der Waals surface area contributed by atoms with Crippen molar-refractivity contribution in [3.8, 4) is 0 Å². The van der Waals surface area contributed by atoms with Crippen LogP contribution in [0.3, 0.4) is 0 Å². The van der Waals surface area contributed by atoms with E-state index >= 15 is 0 Å². The molecular formula is C17H25N3O. The molecule has 1 saturated heterocycles. The average molecular weight is 287 g/mol. The first-order valence-electron chi connectivity index (χ1n) is 7.93. The third-order valence-electron chi connectivity index (χ3n) is 5.24. The zero-order valence-corrected chi connectivity index (χ0v) is 13.1. The Bertz CT molecular complexity index is 502. The maximum atomic E-state index is 12.5. The molecule has 0 radical (unpaired) electrons. The quantitative estimate of drug-likeness (QED) is 0.855. The van der Waals surface area contributed by atoms with Crippen LogP contribution in [0.25, 0.3) is 0 Å². The average Bonchev–Trinajstić information content (AvgIpc) is 3.07. The predicted molar refractivity (Wildman–Crippen MR) is 82.6 cm³/mol. The summed E-state index contributed by atoms with van der Waals surface area (Å²) in [7, 11) is 3.77. The van der Waals surface area contributed by atoms with Crippen LogP contribution in [0.4, 0.5) is 0 Å². The number of nitrogens with zero attached hydrogens (tertiary/aromatic N) is 3. The molecule has 1 aliphatic heterocycles. The predicted octanol–water partition coefficient (Wildman–Crippen LogP) is 2.16. The SMILES string of the molecule is CN(C)C(=O)[C@@H]1CCC[C@@]12CCN(Cc1cccnc1)C2. The summed E-state index contributed by atoms with van der Waals surface area (Å²) in [6.07, 6.45) is 8.40. The van der Waals surface area contributed by atoms with E-state index in [2.05, 4.69) is 16.0 Å². The summed E-state index contributed by atoms with van der Waals surface area (Å²) in [5, 5.41) is 0. The highest BCUT2D eigenvalue weighted by atomic mass is 16.2. The van der Waals surface area contributed by atoms with Crippen LogP contribution >= 0.6 is 0 Å². The summed E-state index contributed by atoms with van der Waals surface area (Å²) in [4.78, 5) is 20.9. The highest BCUT2D eigenvalue weighted by Crippen LogP contribution is 2.50. The van der Waals surface area contributed by atoms with Crippen molar-refractivity contribution in [2.45, 2.75) is 32.2 Å². The number of carbonyl (C=O) groups is 1. The van der Waals surface area contributed by atoms with E-state index in [9.17, 15) is 4.79 Å². The molecule has 1 aromatic rings. The van der Waals surface area contributed by atoms with E-state index in [1.807, 2.05) is 32.6 Å². The molecule has 1 amide bonds. The van der Waals surface area contributed by atoms with Gasteiger partial charge in [-0.2, -0.15) is 0 Å². The molecule has 4 heteroatoms. The topological polar surface area (TPSA) is 36.4 Å². The zero-order valence-electron chi connectivity index (χ0n) is 13.1. The van der Waals surface area contributed by atoms with Crippen LogP contribution in [0.2, 0.25) is 0 Å². The molecule has 0 bridgehead atoms. The van der Waals surface area contributed by atoms with Crippen molar-refractivity contribution < 1.29 is 4.79 Å². The van der Waals surface area contributed by atoms with E-state index in [0.717, 1.165) is 32.5 Å². The zero-order chi connectivity index (χ0) is 14.9. The highest BCUT2D eigenvalue weighted by Gasteiger charge is 2.50. The second kappa shape index (κ2) is 5.76. The van der Waals surface area contributed by atoms with E-state index < -0.39 is 0 Å². The van der Waals surface area contributed by atoms with Crippen LogP contribution in [0.1, 0.15) is 31.2 Å². The van der Waals surface area contributed by atoms with Gasteiger partial charge >= 0.3 is 0 Å². The molecule has 21 heavy (non-hydrogen) atoms. The number of hydrogen-bond acceptors (Lipinski definition) is 3. The van der Waals surface area contributed by atoms with Crippen LogP contribution in [-0.2, 0) is 11.3 Å². The summed E-state index contributed by atoms with van der Waals surface area (Å²) in [5.74, 6) is 0.558. The Morgan fingerprint density at radius 2 is 2.33 bits per heavy atom. The van der Waals surface area contributed by atoms with Crippen LogP contribution < -0.4 is 0 Å². The lowest BCUT2D eigenvalue weighted by Crippen LogP contribution is -2.40. The van der Waals surface area contributed by atoms with Gasteiger partial charge in [-0.25, -0.2) is 0 Å². The fourth-order valence-electron chi connectivity index (χ4n) is 4.19. The number of carbonyl (C=O) groups excluding carboxylic acids is 1. The number of pyridine rings is 1. The normalized spacial score (nSPS) is 29.1. The number of hydrogen-bond donors (Lipinski definition) is 0. The molecule has 1 spiro atoms. The smallest absolute Gasteiger partial charge is 0.225 e. The van der Waals surface area contributed by atoms with E-state index in [4.69, 9.17) is 0 Å². The van der Waals surface area contributed by atoms with Crippen LogP contribution in [0, 0.1) is 11.3 Å². The minimum atomic E-state index is 0.226. The fourth-order valence-corrected chi connectivity index (χ4v) is 4.19. The Balaban J connectivity index is 1.69. The molecule has 2 heterocycles. The molecule has 2 atom stereocenters. The molecule has 2 fully saturated rings. The molecule has 4 nitrogen and oxygen atoms in total. The van der Waals surface area contributed by atoms with E-state index in [-0.39, 0.29) is 11.3 Å². The molecule has 2 aliphatic rings. The third kappa shape index (κ3) is 2.82. The fraction of sp³-hybridized carbons (Fsp3) is 0.647. The van der Waals surface area contributed by atoms with E-state index in [1.165, 1.54) is 18.4 Å². The van der Waals surface area contributed by atoms with Crippen molar-refractivity contribution in [2.24, 2.45) is 11.3 Å². The van der Waals surface area contributed by atoms with Gasteiger partial charge in [-0.05, 0) is 42.9 Å². The minimum absolute atomic E-state index is 0.226. The highest BCUT2D eigenvalue weighted by molar-refractivity contribution is 5.79. The lowest BCUT2D eigenvalue weighted by Gasteiger charge is -2.32. The maximum Gasteiger partial charge on any atom is 0.225 e. The summed E-state index contributed by atoms with van der Waals surface area (Å²) in [6, 6.07) is 4.13. The number of aromatic nitrogens is 1. The molecule has 114 valence electrons. The molecule has 0 aromatic carbocycles. The second-order valence-corrected chi connectivity index (χ2v) is 6.86. The van der Waals surface area contributed by atoms with Crippen LogP contribution in [-0.4, -0.2) is 47.9 Å². The Labute approximate surface area is 127 Å². The second-order valence-electron chi connectivity index (χ2n) is 6.86. The Morgan fingerprint density at radius 1 is 1.48 bits per heavy atom. The van der Waals surface area contributed by atoms with Gasteiger partial charge in [0.15, 0.2) is 0 Å². The standard InChI is InChI=1S/C17H25N3O/c1-19(2)16(21)15-6-3-7-17(15)8-10-20(13-17)12-14-5-4-9-18-11-14/h4-5,9,11,15H,3,6-8,10,12-13H2,1-2H3/t15-,17-/m0/s1. The Hall–Kier alpha value is -1.42. The number of amides is 1. The Kier molecular flexibility index (Phi) is 3.98. The van der Waals surface area contributed by atoms with Gasteiger partial charge in [-0.1, -0.05) is 12.5 Å². The van der Waals surface area contributed by atoms with Crippen molar-refractivity contribution >= 4 is 5.91 Å². The van der Waals surface area contributed by atoms with Gasteiger partial charge in [0, 0.05) is 45.5 Å². The van der Waals surface area contributed by atoms with E-state index in [1.54, 1.807) is 4.90 Å². The van der Waals surface area contributed by atoms with Crippen molar-refractivity contribution in [1.82, 2.24) is 14.8 Å². The molecule has 0 N–H and O–H groups in total. The van der Waals surface area contributed by atoms with Gasteiger partial charge in [0.2, 0.25) is 5.91 Å². The van der Waals surface area contributed by atoms with Crippen molar-refractivity contribution in [3.05, 3.63) is 30.1 Å². The first kappa shape index (κ1) is 14.5. The first-order chi connectivity index (χ1) is 10.1. The third-order valence-corrected chi connectivity index (χ3v) is 5.24. The van der Waals surface area contributed by atoms with Crippen LogP contribution in [0.15, 0.2) is 24.5 Å². The lowest BCUT2D eigenvalue weighted by atomic mass is 9.76. The summed E-state index contributed by atoms with van der Waals surface area (Å²) >= 11 is 0. The van der Waals surface area contributed by atoms with Gasteiger partial charge in [0.05, 0.1) is 0 Å². The van der Waals surface area contributed by atoms with E-state index in [0.29, 0.717) is 5.91 Å². The molecule has 1 aliphatic carbocycles. The van der Waals surface area contributed by atoms with Gasteiger partial charge in [0.1, 0.15) is 0 Å². The van der Waals surface area contributed by atoms with Gasteiger partial charge in [-0.15, -0.1) is 0 Å². The number of rotatable bonds is 3. The first-order valence-corrected chi connectivity index (χ1v) is 7.93. The van der Waals surface area contributed by atoms with Gasteiger partial charge in [0.25, 0.3) is 0 Å². The molecule has 0 unspecified atom stereocenters. The maximum absolute atomic E-state index is 12.5. The summed E-state index contributed by atoms with van der Waals surface area (Å²) in [6.45, 7) is 3.12. The largest absolute Gasteiger partial charge is 0.349 e. The molecular weight excluding hydrogens is 262 g/mol. The van der Waals surface area contributed by atoms with Gasteiger partial charge in [-0.3, -0.25) is 14.7 Å². The minimum Gasteiger partial charge on any atom is -0.349 e. The molecule has 1 saturated carbocycles. The van der Waals surface area contributed by atoms with Crippen LogP contribution in [0.5, 0.6) is 0 Å². The summed E-state index contributed by atoms with van der Waals surface area (Å²) in [5.41, 5.74) is 1.49. The monoisotopic (exact) mass is 287 g/mol. The summed E-state index contributed by atoms with van der Waals surface area (Å²) < 4.78 is 0. The Morgan fingerprint density at radius 3 is 3.05 bits per heavy atom. The van der Waals surface area contributed by atoms with Gasteiger partial charge < -0.3 is 4.90 Å². The molecule has 1 aromatic heterocycles. The number of likely N-dealkylation sites (tertiary alicyclic amines) is 1. The van der Waals surface area contributed by atoms with Crippen molar-refractivity contribution in [2.75, 3.05) is 27.2 Å².